The van der Waals surface area contributed by atoms with Crippen LogP contribution in [0.2, 0.25) is 5.02 Å². The van der Waals surface area contributed by atoms with E-state index in [1.54, 1.807) is 29.2 Å². The fourth-order valence-corrected chi connectivity index (χ4v) is 2.82. The lowest BCUT2D eigenvalue weighted by Gasteiger charge is -2.31. The molecule has 130 valence electrons. The maximum atomic E-state index is 12.4. The fraction of sp³-hybridized carbons (Fsp3) is 0.471. The van der Waals surface area contributed by atoms with Crippen molar-refractivity contribution in [3.63, 3.8) is 0 Å². The molecule has 0 aliphatic carbocycles. The third kappa shape index (κ3) is 4.96. The molecule has 0 saturated carbocycles. The lowest BCUT2D eigenvalue weighted by atomic mass is 9.95. The number of carbonyl (C=O) groups is 3. The second-order valence-corrected chi connectivity index (χ2v) is 6.18. The number of likely N-dealkylation sites (tertiary alicyclic amines) is 1. The van der Waals surface area contributed by atoms with Crippen LogP contribution in [0.3, 0.4) is 0 Å². The molecule has 0 spiro atoms. The number of rotatable bonds is 5. The van der Waals surface area contributed by atoms with Crippen molar-refractivity contribution >= 4 is 29.3 Å². The summed E-state index contributed by atoms with van der Waals surface area (Å²) in [5.74, 6) is -0.525. The molecule has 0 bridgehead atoms. The number of benzene rings is 1. The van der Waals surface area contributed by atoms with Crippen molar-refractivity contribution in [1.82, 2.24) is 15.5 Å². The average Bonchev–Trinajstić information content (AvgIpc) is 2.60. The van der Waals surface area contributed by atoms with Gasteiger partial charge < -0.3 is 15.5 Å². The second kappa shape index (κ2) is 8.68. The van der Waals surface area contributed by atoms with Crippen molar-refractivity contribution in [3.8, 4) is 0 Å². The Balaban J connectivity index is 1.80. The van der Waals surface area contributed by atoms with Crippen molar-refractivity contribution in [3.05, 3.63) is 34.9 Å². The van der Waals surface area contributed by atoms with Crippen LogP contribution >= 0.6 is 11.6 Å². The van der Waals surface area contributed by atoms with Gasteiger partial charge in [-0.15, -0.1) is 0 Å². The van der Waals surface area contributed by atoms with Gasteiger partial charge in [0.2, 0.25) is 11.8 Å². The highest BCUT2D eigenvalue weighted by Gasteiger charge is 2.27. The van der Waals surface area contributed by atoms with Crippen LogP contribution in [0, 0.1) is 5.92 Å². The summed E-state index contributed by atoms with van der Waals surface area (Å²) < 4.78 is 0. The summed E-state index contributed by atoms with van der Waals surface area (Å²) in [6.07, 6.45) is 1.20. The number of halogens is 1. The van der Waals surface area contributed by atoms with Gasteiger partial charge in [0.25, 0.3) is 5.91 Å². The first-order valence-corrected chi connectivity index (χ1v) is 8.48. The van der Waals surface area contributed by atoms with E-state index < -0.39 is 0 Å². The lowest BCUT2D eigenvalue weighted by Crippen LogP contribution is -2.45. The Kier molecular flexibility index (Phi) is 6.61. The van der Waals surface area contributed by atoms with Crippen molar-refractivity contribution in [2.24, 2.45) is 5.92 Å². The molecular weight excluding hydrogens is 330 g/mol. The minimum atomic E-state index is -0.193. The number of nitrogens with zero attached hydrogens (tertiary/aromatic N) is 1. The van der Waals surface area contributed by atoms with Crippen LogP contribution in [0.15, 0.2) is 24.3 Å². The molecule has 1 fully saturated rings. The number of likely N-dealkylation sites (N-methyl/N-ethyl adjacent to an activating group) is 1. The largest absolute Gasteiger partial charge is 0.355 e. The van der Waals surface area contributed by atoms with Crippen LogP contribution in [0.4, 0.5) is 0 Å². The molecule has 6 nitrogen and oxygen atoms in total. The standard InChI is InChI=1S/C17H22ClN3O3/c1-2-19-15(22)11-20-16(23)12-7-9-21(10-8-12)17(24)13-3-5-14(18)6-4-13/h3-6,12H,2,7-11H2,1H3,(H,19,22)(H,20,23). The van der Waals surface area contributed by atoms with Crippen LogP contribution in [0.25, 0.3) is 0 Å². The van der Waals surface area contributed by atoms with E-state index in [9.17, 15) is 14.4 Å². The first kappa shape index (κ1) is 18.3. The van der Waals surface area contributed by atoms with E-state index in [2.05, 4.69) is 10.6 Å². The Hall–Kier alpha value is -2.08. The first-order chi connectivity index (χ1) is 11.5. The van der Waals surface area contributed by atoms with Gasteiger partial charge >= 0.3 is 0 Å². The topological polar surface area (TPSA) is 78.5 Å². The quantitative estimate of drug-likeness (QED) is 0.842. The van der Waals surface area contributed by atoms with Gasteiger partial charge in [-0.25, -0.2) is 0 Å². The highest BCUT2D eigenvalue weighted by atomic mass is 35.5. The van der Waals surface area contributed by atoms with Crippen LogP contribution < -0.4 is 10.6 Å². The number of hydrogen-bond donors (Lipinski definition) is 2. The Morgan fingerprint density at radius 1 is 1.12 bits per heavy atom. The molecule has 3 amide bonds. The van der Waals surface area contributed by atoms with Gasteiger partial charge in [-0.3, -0.25) is 14.4 Å². The SMILES string of the molecule is CCNC(=O)CNC(=O)C1CCN(C(=O)c2ccc(Cl)cc2)CC1. The third-order valence-electron chi connectivity index (χ3n) is 4.04. The maximum absolute atomic E-state index is 12.4. The van der Waals surface area contributed by atoms with Gasteiger partial charge in [0.15, 0.2) is 0 Å². The summed E-state index contributed by atoms with van der Waals surface area (Å²) in [7, 11) is 0. The summed E-state index contributed by atoms with van der Waals surface area (Å²) in [6, 6.07) is 6.79. The lowest BCUT2D eigenvalue weighted by molar-refractivity contribution is -0.129. The number of amides is 3. The minimum Gasteiger partial charge on any atom is -0.355 e. The van der Waals surface area contributed by atoms with Crippen LogP contribution in [-0.2, 0) is 9.59 Å². The summed E-state index contributed by atoms with van der Waals surface area (Å²) in [5.41, 5.74) is 0.596. The average molecular weight is 352 g/mol. The number of nitrogens with one attached hydrogen (secondary N) is 2. The van der Waals surface area contributed by atoms with Gasteiger partial charge in [0, 0.05) is 36.1 Å². The Morgan fingerprint density at radius 2 is 1.75 bits per heavy atom. The van der Waals surface area contributed by atoms with Crippen molar-refractivity contribution in [2.75, 3.05) is 26.2 Å². The Bertz CT molecular complexity index is 596. The zero-order valence-corrected chi connectivity index (χ0v) is 14.4. The normalized spacial score (nSPS) is 15.0. The zero-order chi connectivity index (χ0) is 17.5. The molecule has 1 saturated heterocycles. The number of hydrogen-bond acceptors (Lipinski definition) is 3. The van der Waals surface area contributed by atoms with Crippen molar-refractivity contribution in [2.45, 2.75) is 19.8 Å². The smallest absolute Gasteiger partial charge is 0.253 e. The van der Waals surface area contributed by atoms with Crippen LogP contribution in [-0.4, -0.2) is 48.8 Å². The van der Waals surface area contributed by atoms with Crippen molar-refractivity contribution in [1.29, 1.82) is 0 Å². The molecule has 24 heavy (non-hydrogen) atoms. The third-order valence-corrected chi connectivity index (χ3v) is 4.29. The van der Waals surface area contributed by atoms with E-state index in [1.807, 2.05) is 6.92 Å². The molecule has 1 aromatic rings. The zero-order valence-electron chi connectivity index (χ0n) is 13.7. The van der Waals surface area contributed by atoms with E-state index in [4.69, 9.17) is 11.6 Å². The number of carbonyl (C=O) groups excluding carboxylic acids is 3. The molecule has 0 radical (unpaired) electrons. The highest BCUT2D eigenvalue weighted by Crippen LogP contribution is 2.20. The molecule has 1 aliphatic heterocycles. The summed E-state index contributed by atoms with van der Waals surface area (Å²) in [4.78, 5) is 37.6. The van der Waals surface area contributed by atoms with Gasteiger partial charge in [0.1, 0.15) is 0 Å². The fourth-order valence-electron chi connectivity index (χ4n) is 2.69. The second-order valence-electron chi connectivity index (χ2n) is 5.74. The minimum absolute atomic E-state index is 0.00338. The highest BCUT2D eigenvalue weighted by molar-refractivity contribution is 6.30. The molecule has 1 aliphatic rings. The molecule has 1 aromatic carbocycles. The maximum Gasteiger partial charge on any atom is 0.253 e. The van der Waals surface area contributed by atoms with E-state index in [0.717, 1.165) is 0 Å². The monoisotopic (exact) mass is 351 g/mol. The predicted octanol–water partition coefficient (Wildman–Crippen LogP) is 1.44. The molecule has 2 N–H and O–H groups in total. The van der Waals surface area contributed by atoms with Crippen molar-refractivity contribution < 1.29 is 14.4 Å². The number of piperidine rings is 1. The summed E-state index contributed by atoms with van der Waals surface area (Å²) in [6.45, 7) is 3.42. The molecule has 1 heterocycles. The summed E-state index contributed by atoms with van der Waals surface area (Å²) >= 11 is 5.83. The van der Waals surface area contributed by atoms with Gasteiger partial charge in [-0.05, 0) is 44.0 Å². The molecule has 0 aromatic heterocycles. The Labute approximate surface area is 146 Å². The first-order valence-electron chi connectivity index (χ1n) is 8.10. The van der Waals surface area contributed by atoms with E-state index in [-0.39, 0.29) is 30.2 Å². The molecule has 7 heteroatoms. The van der Waals surface area contributed by atoms with E-state index >= 15 is 0 Å². The molecular formula is C17H22ClN3O3. The summed E-state index contributed by atoms with van der Waals surface area (Å²) in [5, 5.41) is 5.87. The van der Waals surface area contributed by atoms with Gasteiger partial charge in [-0.2, -0.15) is 0 Å². The van der Waals surface area contributed by atoms with E-state index in [0.29, 0.717) is 43.1 Å². The van der Waals surface area contributed by atoms with Gasteiger partial charge in [0.05, 0.1) is 6.54 Å². The molecule has 0 unspecified atom stereocenters. The Morgan fingerprint density at radius 3 is 2.33 bits per heavy atom. The van der Waals surface area contributed by atoms with Gasteiger partial charge in [-0.1, -0.05) is 11.6 Å². The van der Waals surface area contributed by atoms with E-state index in [1.165, 1.54) is 0 Å². The van der Waals surface area contributed by atoms with Crippen LogP contribution in [0.1, 0.15) is 30.1 Å². The predicted molar refractivity (Wildman–Crippen MR) is 91.8 cm³/mol. The molecule has 2 rings (SSSR count). The van der Waals surface area contributed by atoms with Crippen LogP contribution in [0.5, 0.6) is 0 Å². The molecule has 0 atom stereocenters.